The Bertz CT molecular complexity index is 848. The molecule has 0 amide bonds. The summed E-state index contributed by atoms with van der Waals surface area (Å²) in [4.78, 5) is 0. The van der Waals surface area contributed by atoms with Crippen LogP contribution >= 0.6 is 0 Å². The summed E-state index contributed by atoms with van der Waals surface area (Å²) in [6.45, 7) is 2.10. The van der Waals surface area contributed by atoms with Gasteiger partial charge < -0.3 is 10.2 Å². The van der Waals surface area contributed by atoms with E-state index in [0.29, 0.717) is 49.1 Å². The number of hydrogen-bond acceptors (Lipinski definition) is 2. The van der Waals surface area contributed by atoms with Crippen LogP contribution in [0.2, 0.25) is 0 Å². The highest BCUT2D eigenvalue weighted by Gasteiger charge is 2.33. The Kier molecular flexibility index (Phi) is 9.39. The molecule has 2 nitrogen and oxygen atoms in total. The minimum Gasteiger partial charge on any atom is -0.396 e. The summed E-state index contributed by atoms with van der Waals surface area (Å²) >= 11 is 0. The van der Waals surface area contributed by atoms with Crippen LogP contribution in [-0.4, -0.2) is 23.4 Å². The lowest BCUT2D eigenvalue weighted by Gasteiger charge is -2.26. The Labute approximate surface area is 195 Å². The third-order valence-electron chi connectivity index (χ3n) is 7.22. The van der Waals surface area contributed by atoms with Crippen molar-refractivity contribution in [2.75, 3.05) is 13.2 Å². The normalized spacial score (nSPS) is 19.2. The zero-order chi connectivity index (χ0) is 23.8. The van der Waals surface area contributed by atoms with Crippen LogP contribution in [0.15, 0.2) is 42.5 Å². The minimum atomic E-state index is -4.38. The first-order chi connectivity index (χ1) is 15.8. The van der Waals surface area contributed by atoms with Crippen molar-refractivity contribution in [2.45, 2.75) is 76.8 Å². The number of halogens is 3. The first-order valence-corrected chi connectivity index (χ1v) is 12.3. The predicted molar refractivity (Wildman–Crippen MR) is 126 cm³/mol. The van der Waals surface area contributed by atoms with E-state index < -0.39 is 11.7 Å². The summed E-state index contributed by atoms with van der Waals surface area (Å²) in [6, 6.07) is 13.2. The van der Waals surface area contributed by atoms with E-state index in [1.807, 2.05) is 0 Å². The van der Waals surface area contributed by atoms with Gasteiger partial charge >= 0.3 is 6.18 Å². The van der Waals surface area contributed by atoms with E-state index in [4.69, 9.17) is 10.2 Å². The fraction of sp³-hybridized carbons (Fsp3) is 0.571. The molecular formula is C28H37F3O2. The Morgan fingerprint density at radius 3 is 2.09 bits per heavy atom. The second-order valence-electron chi connectivity index (χ2n) is 9.81. The molecule has 0 bridgehead atoms. The average Bonchev–Trinajstić information content (AvgIpc) is 2.81. The van der Waals surface area contributed by atoms with E-state index >= 15 is 0 Å². The molecule has 3 rings (SSSR count). The highest BCUT2D eigenvalue weighted by molar-refractivity contribution is 5.35. The summed E-state index contributed by atoms with van der Waals surface area (Å²) in [6.07, 6.45) is 3.27. The van der Waals surface area contributed by atoms with E-state index in [2.05, 4.69) is 31.2 Å². The Balaban J connectivity index is 1.61. The van der Waals surface area contributed by atoms with Gasteiger partial charge in [-0.05, 0) is 85.1 Å². The summed E-state index contributed by atoms with van der Waals surface area (Å²) in [5.41, 5.74) is 2.86. The molecule has 1 fully saturated rings. The molecular weight excluding hydrogens is 425 g/mol. The van der Waals surface area contributed by atoms with Crippen LogP contribution in [0.5, 0.6) is 0 Å². The van der Waals surface area contributed by atoms with Crippen LogP contribution in [0.4, 0.5) is 13.2 Å². The van der Waals surface area contributed by atoms with E-state index in [9.17, 15) is 13.2 Å². The number of aryl methyl sites for hydroxylation is 3. The van der Waals surface area contributed by atoms with Gasteiger partial charge in [0.25, 0.3) is 0 Å². The highest BCUT2D eigenvalue weighted by atomic mass is 19.4. The molecule has 0 atom stereocenters. The van der Waals surface area contributed by atoms with Gasteiger partial charge in [0.1, 0.15) is 0 Å². The molecule has 5 heteroatoms. The molecule has 182 valence electrons. The molecule has 0 spiro atoms. The Morgan fingerprint density at radius 2 is 1.48 bits per heavy atom. The van der Waals surface area contributed by atoms with E-state index in [-0.39, 0.29) is 19.1 Å². The molecule has 2 aromatic carbocycles. The zero-order valence-electron chi connectivity index (χ0n) is 19.6. The Hall–Kier alpha value is -1.85. The van der Waals surface area contributed by atoms with Crippen molar-refractivity contribution < 1.29 is 23.4 Å². The molecule has 0 unspecified atom stereocenters. The molecule has 1 aliphatic carbocycles. The lowest BCUT2D eigenvalue weighted by molar-refractivity contribution is -0.138. The smallest absolute Gasteiger partial charge is 0.396 e. The summed E-state index contributed by atoms with van der Waals surface area (Å²) in [5, 5.41) is 18.3. The summed E-state index contributed by atoms with van der Waals surface area (Å²) in [7, 11) is 0. The highest BCUT2D eigenvalue weighted by Crippen LogP contribution is 2.36. The van der Waals surface area contributed by atoms with Gasteiger partial charge in [-0.25, -0.2) is 0 Å². The molecule has 0 saturated heterocycles. The maximum Gasteiger partial charge on any atom is 0.416 e. The van der Waals surface area contributed by atoms with Crippen molar-refractivity contribution in [2.24, 2.45) is 11.8 Å². The van der Waals surface area contributed by atoms with E-state index in [1.54, 1.807) is 12.1 Å². The van der Waals surface area contributed by atoms with Crippen molar-refractivity contribution in [3.05, 3.63) is 70.3 Å². The molecule has 0 aliphatic heterocycles. The second-order valence-corrected chi connectivity index (χ2v) is 9.81. The van der Waals surface area contributed by atoms with Crippen molar-refractivity contribution >= 4 is 0 Å². The topological polar surface area (TPSA) is 40.5 Å². The van der Waals surface area contributed by atoms with Gasteiger partial charge in [-0.1, -0.05) is 56.2 Å². The SMILES string of the molecule is CC1CCC(c2ccc(CCc3ccc(CCCC(CO)CO)cc3C(F)(F)F)cc2)CC1. The summed E-state index contributed by atoms with van der Waals surface area (Å²) < 4.78 is 41.2. The minimum absolute atomic E-state index is 0.107. The first kappa shape index (κ1) is 25.8. The lowest BCUT2D eigenvalue weighted by Crippen LogP contribution is -2.12. The van der Waals surface area contributed by atoms with Crippen molar-refractivity contribution in [3.8, 4) is 0 Å². The van der Waals surface area contributed by atoms with Crippen molar-refractivity contribution in [1.29, 1.82) is 0 Å². The predicted octanol–water partition coefficient (Wildman–Crippen LogP) is 6.71. The molecule has 2 N–H and O–H groups in total. The lowest BCUT2D eigenvalue weighted by atomic mass is 9.79. The quantitative estimate of drug-likeness (QED) is 0.412. The van der Waals surface area contributed by atoms with Gasteiger partial charge in [0.2, 0.25) is 0 Å². The van der Waals surface area contributed by atoms with Crippen LogP contribution in [0.3, 0.4) is 0 Å². The van der Waals surface area contributed by atoms with Gasteiger partial charge in [0.05, 0.1) is 5.56 Å². The fourth-order valence-corrected chi connectivity index (χ4v) is 4.93. The van der Waals surface area contributed by atoms with Crippen LogP contribution < -0.4 is 0 Å². The summed E-state index contributed by atoms with van der Waals surface area (Å²) in [5.74, 6) is 1.22. The molecule has 1 aliphatic rings. The number of aliphatic hydroxyl groups is 2. The van der Waals surface area contributed by atoms with Crippen molar-refractivity contribution in [3.63, 3.8) is 0 Å². The van der Waals surface area contributed by atoms with Crippen LogP contribution in [0.1, 0.15) is 79.2 Å². The maximum atomic E-state index is 13.7. The van der Waals surface area contributed by atoms with Crippen molar-refractivity contribution in [1.82, 2.24) is 0 Å². The largest absolute Gasteiger partial charge is 0.416 e. The number of alkyl halides is 3. The second kappa shape index (κ2) is 12.0. The van der Waals surface area contributed by atoms with Crippen LogP contribution in [0.25, 0.3) is 0 Å². The van der Waals surface area contributed by atoms with Crippen LogP contribution in [-0.2, 0) is 25.4 Å². The van der Waals surface area contributed by atoms with Gasteiger partial charge in [-0.15, -0.1) is 0 Å². The van der Waals surface area contributed by atoms with Gasteiger partial charge in [-0.3, -0.25) is 0 Å². The first-order valence-electron chi connectivity index (χ1n) is 12.3. The monoisotopic (exact) mass is 462 g/mol. The standard InChI is InChI=1S/C28H37F3O2/c1-20-5-11-24(12-6-20)25-13-7-21(8-14-25)9-15-26-16-10-22(17-27(26)28(29,30)31)3-2-4-23(18-32)19-33/h7-8,10,13-14,16-17,20,23-24,32-33H,2-6,9,11-12,15,18-19H2,1H3. The fourth-order valence-electron chi connectivity index (χ4n) is 4.93. The number of rotatable bonds is 10. The molecule has 33 heavy (non-hydrogen) atoms. The Morgan fingerprint density at radius 1 is 0.848 bits per heavy atom. The van der Waals surface area contributed by atoms with Gasteiger partial charge in [0.15, 0.2) is 0 Å². The maximum absolute atomic E-state index is 13.7. The van der Waals surface area contributed by atoms with E-state index in [1.165, 1.54) is 37.3 Å². The van der Waals surface area contributed by atoms with Gasteiger partial charge in [-0.2, -0.15) is 13.2 Å². The average molecular weight is 463 g/mol. The number of hydrogen-bond donors (Lipinski definition) is 2. The number of benzene rings is 2. The van der Waals surface area contributed by atoms with Gasteiger partial charge in [0, 0.05) is 19.1 Å². The van der Waals surface area contributed by atoms with E-state index in [0.717, 1.165) is 11.5 Å². The molecule has 1 saturated carbocycles. The molecule has 0 radical (unpaired) electrons. The molecule has 0 heterocycles. The zero-order valence-corrected chi connectivity index (χ0v) is 19.6. The van der Waals surface area contributed by atoms with Crippen LogP contribution in [0, 0.1) is 11.8 Å². The third kappa shape index (κ3) is 7.58. The third-order valence-corrected chi connectivity index (χ3v) is 7.22. The molecule has 0 aromatic heterocycles. The number of aliphatic hydroxyl groups excluding tert-OH is 2. The molecule has 2 aromatic rings.